The van der Waals surface area contributed by atoms with Gasteiger partial charge >= 0.3 is 0 Å². The molecule has 0 aromatic heterocycles. The van der Waals surface area contributed by atoms with Crippen LogP contribution in [-0.4, -0.2) is 49.1 Å². The number of piperidine rings is 1. The summed E-state index contributed by atoms with van der Waals surface area (Å²) < 4.78 is 5.21. The van der Waals surface area contributed by atoms with Crippen LogP contribution in [0.25, 0.3) is 0 Å². The summed E-state index contributed by atoms with van der Waals surface area (Å²) in [5.41, 5.74) is 1.09. The third-order valence-corrected chi connectivity index (χ3v) is 5.06. The lowest BCUT2D eigenvalue weighted by molar-refractivity contribution is -0.127. The monoisotopic (exact) mass is 308 g/mol. The number of amides is 1. The Kier molecular flexibility index (Phi) is 6.39. The summed E-state index contributed by atoms with van der Waals surface area (Å²) >= 11 is 1.80. The van der Waals surface area contributed by atoms with Crippen LogP contribution >= 0.6 is 11.8 Å². The Morgan fingerprint density at radius 3 is 2.90 bits per heavy atom. The first kappa shape index (κ1) is 16.2. The van der Waals surface area contributed by atoms with Crippen LogP contribution in [0.4, 0.5) is 0 Å². The fourth-order valence-corrected chi connectivity index (χ4v) is 3.56. The van der Waals surface area contributed by atoms with E-state index in [1.807, 2.05) is 31.3 Å². The topological polar surface area (TPSA) is 41.6 Å². The van der Waals surface area contributed by atoms with Crippen molar-refractivity contribution in [2.75, 3.05) is 33.0 Å². The van der Waals surface area contributed by atoms with Crippen molar-refractivity contribution in [1.29, 1.82) is 0 Å². The molecule has 0 atom stereocenters. The van der Waals surface area contributed by atoms with Gasteiger partial charge in [0.25, 0.3) is 0 Å². The van der Waals surface area contributed by atoms with Crippen LogP contribution in [0.5, 0.6) is 5.75 Å². The Bertz CT molecular complexity index is 461. The van der Waals surface area contributed by atoms with Crippen molar-refractivity contribution in [3.05, 3.63) is 29.8 Å². The minimum Gasteiger partial charge on any atom is -0.497 e. The minimum atomic E-state index is 0.196. The Labute approximate surface area is 131 Å². The second-order valence-corrected chi connectivity index (χ2v) is 6.65. The molecule has 1 amide bonds. The number of nitrogens with one attached hydrogen (secondary N) is 1. The predicted octanol–water partition coefficient (Wildman–Crippen LogP) is 2.14. The Hall–Kier alpha value is -1.20. The summed E-state index contributed by atoms with van der Waals surface area (Å²) in [6.07, 6.45) is 2.33. The van der Waals surface area contributed by atoms with E-state index < -0.39 is 0 Å². The zero-order chi connectivity index (χ0) is 15.1. The molecule has 116 valence electrons. The first-order valence-corrected chi connectivity index (χ1v) is 8.43. The summed E-state index contributed by atoms with van der Waals surface area (Å²) in [5.74, 6) is 1.60. The zero-order valence-electron chi connectivity index (χ0n) is 12.8. The van der Waals surface area contributed by atoms with Crippen LogP contribution in [0.15, 0.2) is 24.3 Å². The Morgan fingerprint density at radius 2 is 2.19 bits per heavy atom. The van der Waals surface area contributed by atoms with Crippen LogP contribution in [0.3, 0.4) is 0 Å². The SMILES string of the molecule is COc1cccc(CN(C)C(=O)CSC2CCNCC2)c1. The minimum absolute atomic E-state index is 0.196. The number of hydrogen-bond acceptors (Lipinski definition) is 4. The van der Waals surface area contributed by atoms with E-state index in [9.17, 15) is 4.79 Å². The molecule has 1 aliphatic heterocycles. The molecule has 1 saturated heterocycles. The van der Waals surface area contributed by atoms with Gasteiger partial charge < -0.3 is 15.0 Å². The second kappa shape index (κ2) is 8.29. The Morgan fingerprint density at radius 1 is 1.43 bits per heavy atom. The summed E-state index contributed by atoms with van der Waals surface area (Å²) in [5, 5.41) is 3.97. The molecule has 0 unspecified atom stereocenters. The number of benzene rings is 1. The maximum absolute atomic E-state index is 12.2. The van der Waals surface area contributed by atoms with Crippen molar-refractivity contribution in [2.45, 2.75) is 24.6 Å². The van der Waals surface area contributed by atoms with Crippen LogP contribution in [0, 0.1) is 0 Å². The van der Waals surface area contributed by atoms with E-state index in [1.54, 1.807) is 23.8 Å². The van der Waals surface area contributed by atoms with Gasteiger partial charge in [0.15, 0.2) is 0 Å². The maximum atomic E-state index is 12.2. The highest BCUT2D eigenvalue weighted by molar-refractivity contribution is 8.00. The van der Waals surface area contributed by atoms with Gasteiger partial charge in [0.2, 0.25) is 5.91 Å². The van der Waals surface area contributed by atoms with Gasteiger partial charge in [-0.2, -0.15) is 0 Å². The second-order valence-electron chi connectivity index (χ2n) is 5.36. The highest BCUT2D eigenvalue weighted by Gasteiger charge is 2.16. The van der Waals surface area contributed by atoms with E-state index in [-0.39, 0.29) is 5.91 Å². The van der Waals surface area contributed by atoms with E-state index in [0.29, 0.717) is 17.5 Å². The van der Waals surface area contributed by atoms with E-state index in [0.717, 1.165) is 37.2 Å². The lowest BCUT2D eigenvalue weighted by Gasteiger charge is -2.23. The number of carbonyl (C=O) groups is 1. The number of rotatable bonds is 6. The molecule has 0 aliphatic carbocycles. The van der Waals surface area contributed by atoms with Crippen molar-refractivity contribution in [2.24, 2.45) is 0 Å². The smallest absolute Gasteiger partial charge is 0.232 e. The summed E-state index contributed by atoms with van der Waals surface area (Å²) in [4.78, 5) is 14.0. The molecule has 0 bridgehead atoms. The fraction of sp³-hybridized carbons (Fsp3) is 0.562. The summed E-state index contributed by atoms with van der Waals surface area (Å²) in [6.45, 7) is 2.78. The number of nitrogens with zero attached hydrogens (tertiary/aromatic N) is 1. The average Bonchev–Trinajstić information content (AvgIpc) is 2.53. The zero-order valence-corrected chi connectivity index (χ0v) is 13.6. The van der Waals surface area contributed by atoms with Crippen molar-refractivity contribution >= 4 is 17.7 Å². The number of carbonyl (C=O) groups excluding carboxylic acids is 1. The van der Waals surface area contributed by atoms with Gasteiger partial charge in [-0.05, 0) is 43.6 Å². The average molecular weight is 308 g/mol. The van der Waals surface area contributed by atoms with Gasteiger partial charge in [0, 0.05) is 18.8 Å². The molecule has 1 aliphatic rings. The highest BCUT2D eigenvalue weighted by atomic mass is 32.2. The first-order valence-electron chi connectivity index (χ1n) is 7.38. The van der Waals surface area contributed by atoms with Crippen molar-refractivity contribution in [3.63, 3.8) is 0 Å². The van der Waals surface area contributed by atoms with E-state index in [4.69, 9.17) is 4.74 Å². The van der Waals surface area contributed by atoms with Gasteiger partial charge in [-0.25, -0.2) is 0 Å². The maximum Gasteiger partial charge on any atom is 0.232 e. The number of methoxy groups -OCH3 is 1. The van der Waals surface area contributed by atoms with Crippen molar-refractivity contribution in [3.8, 4) is 5.75 Å². The molecule has 1 aromatic rings. The molecule has 1 aromatic carbocycles. The highest BCUT2D eigenvalue weighted by Crippen LogP contribution is 2.21. The lowest BCUT2D eigenvalue weighted by Crippen LogP contribution is -2.32. The molecule has 21 heavy (non-hydrogen) atoms. The molecule has 2 rings (SSSR count). The molecular formula is C16H24N2O2S. The van der Waals surface area contributed by atoms with Crippen LogP contribution < -0.4 is 10.1 Å². The van der Waals surface area contributed by atoms with E-state index >= 15 is 0 Å². The van der Waals surface area contributed by atoms with Gasteiger partial charge in [0.05, 0.1) is 12.9 Å². The third-order valence-electron chi connectivity index (χ3n) is 3.71. The standard InChI is InChI=1S/C16H24N2O2S/c1-18(11-13-4-3-5-14(10-13)20-2)16(19)12-21-15-6-8-17-9-7-15/h3-5,10,15,17H,6-9,11-12H2,1-2H3. The molecule has 1 heterocycles. The Balaban J connectivity index is 1.78. The van der Waals surface area contributed by atoms with Gasteiger partial charge in [-0.15, -0.1) is 11.8 Å². The molecule has 5 heteroatoms. The molecule has 1 N–H and O–H groups in total. The third kappa shape index (κ3) is 5.25. The fourth-order valence-electron chi connectivity index (χ4n) is 2.39. The lowest BCUT2D eigenvalue weighted by atomic mass is 10.2. The summed E-state index contributed by atoms with van der Waals surface area (Å²) in [6, 6.07) is 7.87. The van der Waals surface area contributed by atoms with E-state index in [2.05, 4.69) is 5.32 Å². The quantitative estimate of drug-likeness (QED) is 0.874. The van der Waals surface area contributed by atoms with Crippen molar-refractivity contribution < 1.29 is 9.53 Å². The van der Waals surface area contributed by atoms with Gasteiger partial charge in [0.1, 0.15) is 5.75 Å². The first-order chi connectivity index (χ1) is 10.2. The van der Waals surface area contributed by atoms with Gasteiger partial charge in [-0.1, -0.05) is 12.1 Å². The molecule has 4 nitrogen and oxygen atoms in total. The van der Waals surface area contributed by atoms with Crippen LogP contribution in [-0.2, 0) is 11.3 Å². The predicted molar refractivity (Wildman–Crippen MR) is 87.8 cm³/mol. The van der Waals surface area contributed by atoms with Crippen LogP contribution in [0.1, 0.15) is 18.4 Å². The molecule has 0 saturated carbocycles. The van der Waals surface area contributed by atoms with Crippen molar-refractivity contribution in [1.82, 2.24) is 10.2 Å². The molecule has 1 fully saturated rings. The summed E-state index contributed by atoms with van der Waals surface area (Å²) in [7, 11) is 3.52. The number of hydrogen-bond donors (Lipinski definition) is 1. The number of ether oxygens (including phenoxy) is 1. The largest absolute Gasteiger partial charge is 0.497 e. The number of thioether (sulfide) groups is 1. The van der Waals surface area contributed by atoms with E-state index in [1.165, 1.54) is 0 Å². The van der Waals surface area contributed by atoms with Crippen LogP contribution in [0.2, 0.25) is 0 Å². The molecule has 0 spiro atoms. The molecule has 0 radical (unpaired) electrons. The normalized spacial score (nSPS) is 15.7. The molecular weight excluding hydrogens is 284 g/mol. The van der Waals surface area contributed by atoms with Gasteiger partial charge in [-0.3, -0.25) is 4.79 Å².